The van der Waals surface area contributed by atoms with E-state index in [0.717, 1.165) is 6.42 Å². The van der Waals surface area contributed by atoms with Crippen LogP contribution in [0.2, 0.25) is 0 Å². The van der Waals surface area contributed by atoms with E-state index in [2.05, 4.69) is 52.0 Å². The highest BCUT2D eigenvalue weighted by molar-refractivity contribution is 5.80. The van der Waals surface area contributed by atoms with Crippen molar-refractivity contribution in [2.24, 2.45) is 0 Å². The van der Waals surface area contributed by atoms with Crippen LogP contribution in [0.1, 0.15) is 89.0 Å². The first-order valence-electron chi connectivity index (χ1n) is 9.62. The first-order valence-corrected chi connectivity index (χ1v) is 9.62. The van der Waals surface area contributed by atoms with Gasteiger partial charge in [0.25, 0.3) is 0 Å². The van der Waals surface area contributed by atoms with E-state index in [1.54, 1.807) is 0 Å². The molecule has 1 nitrogen and oxygen atoms in total. The van der Waals surface area contributed by atoms with E-state index >= 15 is 0 Å². The molecule has 0 aliphatic heterocycles. The predicted molar refractivity (Wildman–Crippen MR) is 102 cm³/mol. The van der Waals surface area contributed by atoms with Crippen molar-refractivity contribution in [1.82, 2.24) is 4.98 Å². The number of hydrogen-bond acceptors (Lipinski definition) is 1. The summed E-state index contributed by atoms with van der Waals surface area (Å²) in [6.07, 6.45) is 9.86. The summed E-state index contributed by atoms with van der Waals surface area (Å²) >= 11 is 0. The third-order valence-electron chi connectivity index (χ3n) is 5.01. The van der Waals surface area contributed by atoms with E-state index in [0.29, 0.717) is 5.92 Å². The quantitative estimate of drug-likeness (QED) is 0.463. The molecule has 0 amide bonds. The molecule has 0 saturated carbocycles. The second kappa shape index (κ2) is 9.05. The minimum absolute atomic E-state index is 0.628. The predicted octanol–water partition coefficient (Wildman–Crippen LogP) is 6.82. The number of nitrogens with zero attached hydrogens (tertiary/aromatic N) is 1. The zero-order chi connectivity index (χ0) is 16.7. The van der Waals surface area contributed by atoms with Crippen LogP contribution in [-0.4, -0.2) is 4.98 Å². The highest BCUT2D eigenvalue weighted by atomic mass is 14.7. The highest BCUT2D eigenvalue weighted by Gasteiger charge is 2.09. The molecule has 1 heterocycles. The van der Waals surface area contributed by atoms with Crippen LogP contribution in [0.15, 0.2) is 24.3 Å². The number of aromatic nitrogens is 1. The maximum atomic E-state index is 5.03. The molecule has 2 rings (SSSR count). The summed E-state index contributed by atoms with van der Waals surface area (Å²) in [6.45, 7) is 9.11. The van der Waals surface area contributed by atoms with Crippen molar-refractivity contribution >= 4 is 10.9 Å². The van der Waals surface area contributed by atoms with Crippen molar-refractivity contribution in [2.75, 3.05) is 0 Å². The first kappa shape index (κ1) is 18.0. The number of pyridine rings is 1. The van der Waals surface area contributed by atoms with Crippen LogP contribution < -0.4 is 0 Å². The van der Waals surface area contributed by atoms with Crippen LogP contribution in [-0.2, 0) is 12.8 Å². The molecule has 0 fully saturated rings. The van der Waals surface area contributed by atoms with Gasteiger partial charge in [0.05, 0.1) is 5.52 Å². The van der Waals surface area contributed by atoms with Crippen LogP contribution in [0.25, 0.3) is 10.9 Å². The monoisotopic (exact) mass is 311 g/mol. The van der Waals surface area contributed by atoms with Crippen LogP contribution in [0, 0.1) is 0 Å². The molecular weight excluding hydrogens is 278 g/mol. The average Bonchev–Trinajstić information content (AvgIpc) is 2.58. The van der Waals surface area contributed by atoms with Gasteiger partial charge in [-0.1, -0.05) is 53.0 Å². The van der Waals surface area contributed by atoms with Gasteiger partial charge in [-0.25, -0.2) is 0 Å². The summed E-state index contributed by atoms with van der Waals surface area (Å²) in [5.74, 6) is 0.628. The summed E-state index contributed by atoms with van der Waals surface area (Å²) in [5.41, 5.74) is 5.44. The van der Waals surface area contributed by atoms with E-state index in [9.17, 15) is 0 Å². The van der Waals surface area contributed by atoms with Gasteiger partial charge in [-0.15, -0.1) is 0 Å². The van der Waals surface area contributed by atoms with Crippen LogP contribution in [0.3, 0.4) is 0 Å². The lowest BCUT2D eigenvalue weighted by atomic mass is 9.95. The summed E-state index contributed by atoms with van der Waals surface area (Å²) < 4.78 is 0. The molecule has 0 radical (unpaired) electrons. The van der Waals surface area contributed by atoms with Gasteiger partial charge in [0, 0.05) is 11.1 Å². The maximum Gasteiger partial charge on any atom is 0.0705 e. The minimum atomic E-state index is 0.628. The summed E-state index contributed by atoms with van der Waals surface area (Å²) in [5, 5.41) is 1.33. The highest BCUT2D eigenvalue weighted by Crippen LogP contribution is 2.25. The fraction of sp³-hybridized carbons (Fsp3) is 0.591. The molecule has 1 heteroatoms. The second-order valence-corrected chi connectivity index (χ2v) is 6.92. The van der Waals surface area contributed by atoms with Gasteiger partial charge in [-0.3, -0.25) is 4.98 Å². The van der Waals surface area contributed by atoms with E-state index in [4.69, 9.17) is 4.98 Å². The molecule has 2 aromatic rings. The smallest absolute Gasteiger partial charge is 0.0705 e. The van der Waals surface area contributed by atoms with Crippen LogP contribution >= 0.6 is 0 Å². The fourth-order valence-electron chi connectivity index (χ4n) is 3.16. The van der Waals surface area contributed by atoms with Gasteiger partial charge in [-0.05, 0) is 67.3 Å². The molecule has 126 valence electrons. The number of benzene rings is 1. The average molecular weight is 312 g/mol. The standard InChI is InChI=1S/C22H33N/c1-5-8-10-12-21-19(11-9-6-2)16-20-15-18(17(4)7-3)13-14-22(20)23-21/h13-17H,5-12H2,1-4H3. The first-order chi connectivity index (χ1) is 11.2. The molecule has 1 aromatic carbocycles. The van der Waals surface area contributed by atoms with E-state index in [1.807, 2.05) is 0 Å². The van der Waals surface area contributed by atoms with Crippen LogP contribution in [0.5, 0.6) is 0 Å². The summed E-state index contributed by atoms with van der Waals surface area (Å²) in [4.78, 5) is 5.03. The van der Waals surface area contributed by atoms with Gasteiger partial charge < -0.3 is 0 Å². The Hall–Kier alpha value is -1.37. The normalized spacial score (nSPS) is 12.7. The molecule has 0 N–H and O–H groups in total. The molecule has 1 aromatic heterocycles. The molecule has 1 unspecified atom stereocenters. The largest absolute Gasteiger partial charge is 0.253 e. The van der Waals surface area contributed by atoms with Crippen molar-refractivity contribution in [3.8, 4) is 0 Å². The number of fused-ring (bicyclic) bond motifs is 1. The van der Waals surface area contributed by atoms with Gasteiger partial charge in [0.2, 0.25) is 0 Å². The zero-order valence-corrected chi connectivity index (χ0v) is 15.5. The summed E-state index contributed by atoms with van der Waals surface area (Å²) in [6, 6.07) is 9.28. The second-order valence-electron chi connectivity index (χ2n) is 6.92. The number of unbranched alkanes of at least 4 members (excludes halogenated alkanes) is 3. The van der Waals surface area contributed by atoms with Crippen molar-refractivity contribution in [3.05, 3.63) is 41.1 Å². The van der Waals surface area contributed by atoms with Gasteiger partial charge in [0.15, 0.2) is 0 Å². The van der Waals surface area contributed by atoms with Crippen LogP contribution in [0.4, 0.5) is 0 Å². The Kier molecular flexibility index (Phi) is 7.08. The van der Waals surface area contributed by atoms with E-state index in [-0.39, 0.29) is 0 Å². The molecule has 0 aliphatic carbocycles. The topological polar surface area (TPSA) is 12.9 Å². The number of hydrogen-bond donors (Lipinski definition) is 0. The maximum absolute atomic E-state index is 5.03. The Morgan fingerprint density at radius 3 is 2.39 bits per heavy atom. The Balaban J connectivity index is 2.35. The molecule has 0 saturated heterocycles. The lowest BCUT2D eigenvalue weighted by molar-refractivity contribution is 0.697. The Labute approximate surface area is 142 Å². The van der Waals surface area contributed by atoms with Gasteiger partial charge in [0.1, 0.15) is 0 Å². The Morgan fingerprint density at radius 1 is 0.913 bits per heavy atom. The van der Waals surface area contributed by atoms with E-state index < -0.39 is 0 Å². The lowest BCUT2D eigenvalue weighted by Crippen LogP contribution is -2.00. The van der Waals surface area contributed by atoms with E-state index in [1.165, 1.54) is 72.7 Å². The minimum Gasteiger partial charge on any atom is -0.253 e. The third-order valence-corrected chi connectivity index (χ3v) is 5.01. The molecule has 0 spiro atoms. The molecule has 23 heavy (non-hydrogen) atoms. The molecule has 1 atom stereocenters. The molecular formula is C22H33N. The van der Waals surface area contributed by atoms with Crippen molar-refractivity contribution in [2.45, 2.75) is 85.0 Å². The van der Waals surface area contributed by atoms with Gasteiger partial charge >= 0.3 is 0 Å². The number of aryl methyl sites for hydroxylation is 2. The van der Waals surface area contributed by atoms with Crippen molar-refractivity contribution < 1.29 is 0 Å². The van der Waals surface area contributed by atoms with Crippen molar-refractivity contribution in [1.29, 1.82) is 0 Å². The van der Waals surface area contributed by atoms with Gasteiger partial charge in [-0.2, -0.15) is 0 Å². The Bertz CT molecular complexity index is 615. The fourth-order valence-corrected chi connectivity index (χ4v) is 3.16. The zero-order valence-electron chi connectivity index (χ0n) is 15.5. The Morgan fingerprint density at radius 2 is 1.70 bits per heavy atom. The number of rotatable bonds is 9. The SMILES string of the molecule is CCCCCc1nc2ccc(C(C)CC)cc2cc1CCCC. The van der Waals surface area contributed by atoms with Crippen molar-refractivity contribution in [3.63, 3.8) is 0 Å². The third kappa shape index (κ3) is 4.80. The molecule has 0 aliphatic rings. The molecule has 0 bridgehead atoms. The summed E-state index contributed by atoms with van der Waals surface area (Å²) in [7, 11) is 0. The lowest BCUT2D eigenvalue weighted by Gasteiger charge is -2.13.